The van der Waals surface area contributed by atoms with E-state index in [4.69, 9.17) is 4.74 Å². The predicted octanol–water partition coefficient (Wildman–Crippen LogP) is 3.68. The van der Waals surface area contributed by atoms with E-state index in [2.05, 4.69) is 5.29 Å². The van der Waals surface area contributed by atoms with Gasteiger partial charge in [0.15, 0.2) is 0 Å². The maximum absolute atomic E-state index is 11.5. The molecule has 2 rings (SSSR count). The Labute approximate surface area is 116 Å². The fourth-order valence-corrected chi connectivity index (χ4v) is 1.77. The Hall–Kier alpha value is -2.69. The molecule has 2 aromatic rings. The van der Waals surface area contributed by atoms with E-state index in [1.54, 1.807) is 43.3 Å². The van der Waals surface area contributed by atoms with Gasteiger partial charge in [-0.1, -0.05) is 18.2 Å². The van der Waals surface area contributed by atoms with Gasteiger partial charge in [-0.2, -0.15) is 5.01 Å². The fraction of sp³-hybridized carbons (Fsp3) is 0.133. The first-order chi connectivity index (χ1) is 9.76. The number of esters is 1. The second-order valence-corrected chi connectivity index (χ2v) is 4.00. The van der Waals surface area contributed by atoms with Crippen molar-refractivity contribution in [1.82, 2.24) is 0 Å². The minimum Gasteiger partial charge on any atom is -0.462 e. The molecule has 0 spiro atoms. The summed E-state index contributed by atoms with van der Waals surface area (Å²) in [5.41, 5.74) is 1.68. The van der Waals surface area contributed by atoms with E-state index >= 15 is 0 Å². The molecule has 0 bridgehead atoms. The van der Waals surface area contributed by atoms with Crippen LogP contribution in [0.4, 0.5) is 11.4 Å². The largest absolute Gasteiger partial charge is 0.462 e. The molecule has 20 heavy (non-hydrogen) atoms. The summed E-state index contributed by atoms with van der Waals surface area (Å²) < 4.78 is 4.90. The van der Waals surface area contributed by atoms with Gasteiger partial charge in [0, 0.05) is 0 Å². The van der Waals surface area contributed by atoms with Gasteiger partial charge in [-0.15, -0.1) is 4.91 Å². The number of carbonyl (C=O) groups excluding carboxylic acids is 1. The molecule has 0 atom stereocenters. The Morgan fingerprint density at radius 1 is 1.05 bits per heavy atom. The maximum Gasteiger partial charge on any atom is 0.338 e. The van der Waals surface area contributed by atoms with Gasteiger partial charge in [-0.05, 0) is 43.3 Å². The fourth-order valence-electron chi connectivity index (χ4n) is 1.77. The van der Waals surface area contributed by atoms with E-state index in [-0.39, 0.29) is 5.97 Å². The number of rotatable bonds is 5. The Kier molecular flexibility index (Phi) is 4.44. The number of benzene rings is 2. The van der Waals surface area contributed by atoms with Gasteiger partial charge in [-0.25, -0.2) is 4.79 Å². The SMILES string of the molecule is CCOC(=O)c1ccc(N(N=O)c2ccccc2)cc1. The summed E-state index contributed by atoms with van der Waals surface area (Å²) in [5.74, 6) is -0.385. The molecule has 0 aliphatic rings. The molecule has 0 fully saturated rings. The van der Waals surface area contributed by atoms with Crippen LogP contribution >= 0.6 is 0 Å². The Bertz CT molecular complexity index is 582. The molecule has 5 heteroatoms. The molecule has 5 nitrogen and oxygen atoms in total. The average molecular weight is 270 g/mol. The van der Waals surface area contributed by atoms with Gasteiger partial charge < -0.3 is 4.74 Å². The molecule has 0 saturated heterocycles. The van der Waals surface area contributed by atoms with Crippen molar-refractivity contribution in [3.63, 3.8) is 0 Å². The highest BCUT2D eigenvalue weighted by molar-refractivity contribution is 5.90. The van der Waals surface area contributed by atoms with Crippen LogP contribution in [0.3, 0.4) is 0 Å². The highest BCUT2D eigenvalue weighted by Crippen LogP contribution is 2.25. The number of hydrogen-bond acceptors (Lipinski definition) is 4. The van der Waals surface area contributed by atoms with Crippen LogP contribution in [0.2, 0.25) is 0 Å². The van der Waals surface area contributed by atoms with E-state index in [0.29, 0.717) is 23.5 Å². The molecule has 0 N–H and O–H groups in total. The summed E-state index contributed by atoms with van der Waals surface area (Å²) >= 11 is 0. The minimum absolute atomic E-state index is 0.326. The summed E-state index contributed by atoms with van der Waals surface area (Å²) in [4.78, 5) is 22.6. The number of para-hydroxylation sites is 1. The van der Waals surface area contributed by atoms with Crippen molar-refractivity contribution in [3.8, 4) is 0 Å². The smallest absolute Gasteiger partial charge is 0.338 e. The molecule has 0 saturated carbocycles. The van der Waals surface area contributed by atoms with Crippen molar-refractivity contribution in [1.29, 1.82) is 0 Å². The normalized spacial score (nSPS) is 9.85. The zero-order chi connectivity index (χ0) is 14.4. The quantitative estimate of drug-likeness (QED) is 0.472. The Morgan fingerprint density at radius 3 is 2.20 bits per heavy atom. The molecular weight excluding hydrogens is 256 g/mol. The van der Waals surface area contributed by atoms with Crippen molar-refractivity contribution < 1.29 is 9.53 Å². The van der Waals surface area contributed by atoms with Crippen molar-refractivity contribution in [2.75, 3.05) is 11.6 Å². The molecule has 0 amide bonds. The van der Waals surface area contributed by atoms with E-state index in [1.165, 1.54) is 5.01 Å². The maximum atomic E-state index is 11.5. The zero-order valence-corrected chi connectivity index (χ0v) is 11.0. The highest BCUT2D eigenvalue weighted by Gasteiger charge is 2.11. The number of nitrogens with zero attached hydrogens (tertiary/aromatic N) is 2. The third kappa shape index (κ3) is 3.00. The second kappa shape index (κ2) is 6.47. The molecule has 0 aliphatic carbocycles. The summed E-state index contributed by atoms with van der Waals surface area (Å²) in [6, 6.07) is 15.6. The van der Waals surface area contributed by atoms with E-state index in [9.17, 15) is 9.70 Å². The standard InChI is InChI=1S/C15H14N2O3/c1-2-20-15(18)12-8-10-14(11-9-12)17(16-19)13-6-4-3-5-7-13/h3-11H,2H2,1H3. The molecule has 0 heterocycles. The van der Waals surface area contributed by atoms with E-state index in [1.807, 2.05) is 18.2 Å². The molecule has 0 aromatic heterocycles. The number of carbonyl (C=O) groups is 1. The molecule has 0 radical (unpaired) electrons. The number of nitroso groups, excluding NO2 is 1. The van der Waals surface area contributed by atoms with E-state index in [0.717, 1.165) is 0 Å². The highest BCUT2D eigenvalue weighted by atomic mass is 16.5. The summed E-state index contributed by atoms with van der Waals surface area (Å²) in [7, 11) is 0. The van der Waals surface area contributed by atoms with Gasteiger partial charge in [0.1, 0.15) is 0 Å². The summed E-state index contributed by atoms with van der Waals surface area (Å²) in [6.45, 7) is 2.08. The molecule has 0 unspecified atom stereocenters. The lowest BCUT2D eigenvalue weighted by atomic mass is 10.2. The number of hydrogen-bond donors (Lipinski definition) is 0. The zero-order valence-electron chi connectivity index (χ0n) is 11.0. The van der Waals surface area contributed by atoms with Crippen molar-refractivity contribution >= 4 is 17.3 Å². The Morgan fingerprint density at radius 2 is 1.65 bits per heavy atom. The van der Waals surface area contributed by atoms with Crippen LogP contribution in [0.1, 0.15) is 17.3 Å². The third-order valence-corrected chi connectivity index (χ3v) is 2.71. The third-order valence-electron chi connectivity index (χ3n) is 2.71. The van der Waals surface area contributed by atoms with Crippen LogP contribution in [0.5, 0.6) is 0 Å². The first kappa shape index (κ1) is 13.7. The van der Waals surface area contributed by atoms with Gasteiger partial charge in [-0.3, -0.25) is 0 Å². The van der Waals surface area contributed by atoms with Crippen LogP contribution in [-0.4, -0.2) is 12.6 Å². The van der Waals surface area contributed by atoms with Crippen LogP contribution < -0.4 is 5.01 Å². The minimum atomic E-state index is -0.385. The first-order valence-electron chi connectivity index (χ1n) is 6.22. The van der Waals surface area contributed by atoms with Crippen LogP contribution in [-0.2, 0) is 4.74 Å². The van der Waals surface area contributed by atoms with E-state index < -0.39 is 0 Å². The lowest BCUT2D eigenvalue weighted by Gasteiger charge is -2.15. The monoisotopic (exact) mass is 270 g/mol. The van der Waals surface area contributed by atoms with Gasteiger partial charge in [0.25, 0.3) is 0 Å². The van der Waals surface area contributed by atoms with Crippen molar-refractivity contribution in [2.24, 2.45) is 5.29 Å². The van der Waals surface area contributed by atoms with Gasteiger partial charge in [0.05, 0.1) is 28.8 Å². The molecular formula is C15H14N2O3. The van der Waals surface area contributed by atoms with Crippen molar-refractivity contribution in [2.45, 2.75) is 6.92 Å². The number of anilines is 2. The molecule has 102 valence electrons. The van der Waals surface area contributed by atoms with Crippen LogP contribution in [0, 0.1) is 4.91 Å². The lowest BCUT2D eigenvalue weighted by molar-refractivity contribution is 0.0526. The first-order valence-corrected chi connectivity index (χ1v) is 6.22. The second-order valence-electron chi connectivity index (χ2n) is 4.00. The summed E-state index contributed by atoms with van der Waals surface area (Å²) in [5, 5.41) is 4.27. The molecule has 2 aromatic carbocycles. The van der Waals surface area contributed by atoms with Gasteiger partial charge >= 0.3 is 5.97 Å². The van der Waals surface area contributed by atoms with Crippen LogP contribution in [0.15, 0.2) is 59.9 Å². The summed E-state index contributed by atoms with van der Waals surface area (Å²) in [6.07, 6.45) is 0. The average Bonchev–Trinajstić information content (AvgIpc) is 2.50. The topological polar surface area (TPSA) is 59.0 Å². The Balaban J connectivity index is 2.24. The lowest BCUT2D eigenvalue weighted by Crippen LogP contribution is -2.08. The molecule has 0 aliphatic heterocycles. The van der Waals surface area contributed by atoms with Crippen molar-refractivity contribution in [3.05, 3.63) is 65.1 Å². The van der Waals surface area contributed by atoms with Crippen LogP contribution in [0.25, 0.3) is 0 Å². The predicted molar refractivity (Wildman–Crippen MR) is 76.8 cm³/mol. The van der Waals surface area contributed by atoms with Gasteiger partial charge in [0.2, 0.25) is 0 Å². The number of ether oxygens (including phenoxy) is 1.